The molecule has 0 aromatic rings. The Hall–Kier alpha value is -2.11. The highest BCUT2D eigenvalue weighted by atomic mass is 16.6. The first-order valence-corrected chi connectivity index (χ1v) is 24.3. The zero-order chi connectivity index (χ0) is 40.8. The highest BCUT2D eigenvalue weighted by molar-refractivity contribution is 5.71. The van der Waals surface area contributed by atoms with Crippen LogP contribution in [0.3, 0.4) is 0 Å². The lowest BCUT2D eigenvalue weighted by Crippen LogP contribution is -2.30. The van der Waals surface area contributed by atoms with E-state index < -0.39 is 6.10 Å². The number of unbranched alkanes of at least 4 members (excludes halogenated alkanes) is 29. The lowest BCUT2D eigenvalue weighted by Gasteiger charge is -2.18. The predicted molar refractivity (Wildman–Crippen MR) is 238 cm³/mol. The van der Waals surface area contributed by atoms with Gasteiger partial charge in [0.25, 0.3) is 0 Å². The van der Waals surface area contributed by atoms with Crippen LogP contribution in [0.25, 0.3) is 0 Å². The molecule has 0 aromatic heterocycles. The molecular formula is C50H92O6. The number of carbonyl (C=O) groups is 3. The minimum atomic E-state index is -0.775. The van der Waals surface area contributed by atoms with Crippen LogP contribution in [0.15, 0.2) is 24.3 Å². The fourth-order valence-electron chi connectivity index (χ4n) is 6.93. The van der Waals surface area contributed by atoms with E-state index in [1.165, 1.54) is 122 Å². The van der Waals surface area contributed by atoms with Crippen molar-refractivity contribution in [3.8, 4) is 0 Å². The van der Waals surface area contributed by atoms with Crippen LogP contribution in [0, 0.1) is 0 Å². The van der Waals surface area contributed by atoms with Crippen molar-refractivity contribution in [3.05, 3.63) is 24.3 Å². The summed E-state index contributed by atoms with van der Waals surface area (Å²) in [6.07, 6.45) is 50.3. The highest BCUT2D eigenvalue weighted by Gasteiger charge is 2.19. The summed E-state index contributed by atoms with van der Waals surface area (Å²) < 4.78 is 16.7. The number of ether oxygens (including phenoxy) is 3. The average Bonchev–Trinajstić information content (AvgIpc) is 3.19. The Morgan fingerprint density at radius 2 is 0.607 bits per heavy atom. The minimum absolute atomic E-state index is 0.0763. The summed E-state index contributed by atoms with van der Waals surface area (Å²) in [6.45, 7) is 6.55. The molecule has 0 bridgehead atoms. The third kappa shape index (κ3) is 43.0. The summed E-state index contributed by atoms with van der Waals surface area (Å²) in [5.74, 6) is -0.897. The molecule has 0 aliphatic rings. The lowest BCUT2D eigenvalue weighted by atomic mass is 10.0. The van der Waals surface area contributed by atoms with Gasteiger partial charge in [-0.1, -0.05) is 206 Å². The van der Waals surface area contributed by atoms with Gasteiger partial charge in [-0.3, -0.25) is 14.4 Å². The van der Waals surface area contributed by atoms with Crippen LogP contribution in [0.4, 0.5) is 0 Å². The Labute approximate surface area is 347 Å². The number of esters is 3. The quantitative estimate of drug-likeness (QED) is 0.0265. The van der Waals surface area contributed by atoms with Gasteiger partial charge in [0.1, 0.15) is 13.2 Å². The van der Waals surface area contributed by atoms with E-state index in [4.69, 9.17) is 14.2 Å². The third-order valence-corrected chi connectivity index (χ3v) is 10.7. The SMILES string of the molecule is CCCC/C=C\CCCCCCC(=O)OCC(COC(=O)CCCCCCCCCCCCCCCCCCCC)OC(=O)CCCCCC/C=C\CCCC. The summed E-state index contributed by atoms with van der Waals surface area (Å²) in [6, 6.07) is 0. The Bertz CT molecular complexity index is 911. The van der Waals surface area contributed by atoms with Crippen molar-refractivity contribution in [2.75, 3.05) is 13.2 Å². The van der Waals surface area contributed by atoms with Crippen molar-refractivity contribution < 1.29 is 28.6 Å². The van der Waals surface area contributed by atoms with Crippen LogP contribution in [0.2, 0.25) is 0 Å². The van der Waals surface area contributed by atoms with E-state index in [0.29, 0.717) is 19.3 Å². The molecule has 0 heterocycles. The van der Waals surface area contributed by atoms with Crippen LogP contribution in [0.5, 0.6) is 0 Å². The molecule has 1 atom stereocenters. The maximum atomic E-state index is 12.7. The normalized spacial score (nSPS) is 12.1. The first kappa shape index (κ1) is 53.9. The van der Waals surface area contributed by atoms with Crippen molar-refractivity contribution in [1.29, 1.82) is 0 Å². The zero-order valence-electron chi connectivity index (χ0n) is 37.4. The van der Waals surface area contributed by atoms with Gasteiger partial charge in [-0.25, -0.2) is 0 Å². The molecule has 0 rings (SSSR count). The summed E-state index contributed by atoms with van der Waals surface area (Å²) in [4.78, 5) is 37.7. The first-order chi connectivity index (χ1) is 27.5. The van der Waals surface area contributed by atoms with Crippen molar-refractivity contribution in [2.24, 2.45) is 0 Å². The summed E-state index contributed by atoms with van der Waals surface area (Å²) in [5, 5.41) is 0. The van der Waals surface area contributed by atoms with E-state index in [2.05, 4.69) is 45.1 Å². The maximum absolute atomic E-state index is 12.7. The molecule has 0 saturated carbocycles. The second-order valence-electron chi connectivity index (χ2n) is 16.4. The molecule has 0 N–H and O–H groups in total. The van der Waals surface area contributed by atoms with Crippen LogP contribution in [-0.4, -0.2) is 37.2 Å². The molecule has 0 radical (unpaired) electrons. The molecule has 0 saturated heterocycles. The van der Waals surface area contributed by atoms with Crippen molar-refractivity contribution in [1.82, 2.24) is 0 Å². The zero-order valence-corrected chi connectivity index (χ0v) is 37.4. The Kier molecular flexibility index (Phi) is 43.9. The molecule has 6 nitrogen and oxygen atoms in total. The number of hydrogen-bond donors (Lipinski definition) is 0. The third-order valence-electron chi connectivity index (χ3n) is 10.7. The van der Waals surface area contributed by atoms with Crippen LogP contribution in [-0.2, 0) is 28.6 Å². The molecular weight excluding hydrogens is 697 g/mol. The summed E-state index contributed by atoms with van der Waals surface area (Å²) in [5.41, 5.74) is 0. The molecule has 0 aromatic carbocycles. The predicted octanol–water partition coefficient (Wildman–Crippen LogP) is 15.6. The molecule has 0 aliphatic carbocycles. The van der Waals surface area contributed by atoms with Gasteiger partial charge in [0, 0.05) is 19.3 Å². The van der Waals surface area contributed by atoms with Crippen molar-refractivity contribution in [3.63, 3.8) is 0 Å². The first-order valence-electron chi connectivity index (χ1n) is 24.3. The standard InChI is InChI=1S/C50H92O6/c1-4-7-10-13-16-19-22-23-24-25-26-27-28-29-32-34-37-40-43-49(52)55-46-47(56-50(53)44-41-38-35-31-21-18-15-12-9-6-3)45-54-48(51)42-39-36-33-30-20-17-14-11-8-5-2/h14-15,17-18,47H,4-13,16,19-46H2,1-3H3/b17-14-,18-15-. The van der Waals surface area contributed by atoms with Gasteiger partial charge in [-0.05, 0) is 57.8 Å². The smallest absolute Gasteiger partial charge is 0.306 e. The second-order valence-corrected chi connectivity index (χ2v) is 16.4. The number of allylic oxidation sites excluding steroid dienone is 4. The maximum Gasteiger partial charge on any atom is 0.306 e. The Morgan fingerprint density at radius 3 is 0.946 bits per heavy atom. The molecule has 56 heavy (non-hydrogen) atoms. The van der Waals surface area contributed by atoms with E-state index in [9.17, 15) is 14.4 Å². The van der Waals surface area contributed by atoms with E-state index in [0.717, 1.165) is 96.3 Å². The molecule has 0 spiro atoms. The second kappa shape index (κ2) is 45.6. The molecule has 1 unspecified atom stereocenters. The molecule has 0 aliphatic heterocycles. The number of carbonyl (C=O) groups excluding carboxylic acids is 3. The van der Waals surface area contributed by atoms with Crippen molar-refractivity contribution in [2.45, 2.75) is 264 Å². The number of hydrogen-bond acceptors (Lipinski definition) is 6. The largest absolute Gasteiger partial charge is 0.462 e. The van der Waals surface area contributed by atoms with Gasteiger partial charge in [0.2, 0.25) is 0 Å². The van der Waals surface area contributed by atoms with Crippen molar-refractivity contribution >= 4 is 17.9 Å². The molecule has 0 amide bonds. The Balaban J connectivity index is 4.25. The number of rotatable bonds is 44. The van der Waals surface area contributed by atoms with E-state index in [1.807, 2.05) is 0 Å². The summed E-state index contributed by atoms with van der Waals surface area (Å²) in [7, 11) is 0. The summed E-state index contributed by atoms with van der Waals surface area (Å²) >= 11 is 0. The van der Waals surface area contributed by atoms with Crippen LogP contribution < -0.4 is 0 Å². The monoisotopic (exact) mass is 789 g/mol. The van der Waals surface area contributed by atoms with E-state index in [1.54, 1.807) is 0 Å². The molecule has 0 fully saturated rings. The fraction of sp³-hybridized carbons (Fsp3) is 0.860. The highest BCUT2D eigenvalue weighted by Crippen LogP contribution is 2.16. The van der Waals surface area contributed by atoms with E-state index in [-0.39, 0.29) is 31.1 Å². The molecule has 328 valence electrons. The molecule has 6 heteroatoms. The van der Waals surface area contributed by atoms with Crippen LogP contribution in [0.1, 0.15) is 258 Å². The Morgan fingerprint density at radius 1 is 0.339 bits per heavy atom. The lowest BCUT2D eigenvalue weighted by molar-refractivity contribution is -0.167. The van der Waals surface area contributed by atoms with Gasteiger partial charge in [-0.2, -0.15) is 0 Å². The minimum Gasteiger partial charge on any atom is -0.462 e. The fourth-order valence-corrected chi connectivity index (χ4v) is 6.93. The topological polar surface area (TPSA) is 78.9 Å². The van der Waals surface area contributed by atoms with Gasteiger partial charge in [0.15, 0.2) is 6.10 Å². The average molecular weight is 789 g/mol. The van der Waals surface area contributed by atoms with Gasteiger partial charge in [0.05, 0.1) is 0 Å². The van der Waals surface area contributed by atoms with Gasteiger partial charge < -0.3 is 14.2 Å². The van der Waals surface area contributed by atoms with Gasteiger partial charge >= 0.3 is 17.9 Å². The van der Waals surface area contributed by atoms with Crippen LogP contribution >= 0.6 is 0 Å². The van der Waals surface area contributed by atoms with E-state index >= 15 is 0 Å². The van der Waals surface area contributed by atoms with Gasteiger partial charge in [-0.15, -0.1) is 0 Å².